The Balaban J connectivity index is 1.69. The number of anilines is 1. The number of pyridine rings is 1. The number of hydrogen-bond acceptors (Lipinski definition) is 4. The molecule has 0 radical (unpaired) electrons. The lowest BCUT2D eigenvalue weighted by Gasteiger charge is -2.10. The van der Waals surface area contributed by atoms with Crippen LogP contribution in [0.4, 0.5) is 5.82 Å². The lowest BCUT2D eigenvalue weighted by molar-refractivity contribution is -0.119. The maximum absolute atomic E-state index is 12.5. The summed E-state index contributed by atoms with van der Waals surface area (Å²) in [7, 11) is 0. The maximum atomic E-state index is 12.5. The number of carbonyl (C=O) groups excluding carboxylic acids is 2. The summed E-state index contributed by atoms with van der Waals surface area (Å²) < 4.78 is 7.13. The number of halogens is 2. The number of amides is 1. The molecule has 8 heteroatoms. The Morgan fingerprint density at radius 1 is 1.14 bits per heavy atom. The summed E-state index contributed by atoms with van der Waals surface area (Å²) in [5.41, 5.74) is 3.56. The van der Waals surface area contributed by atoms with Gasteiger partial charge in [-0.05, 0) is 44.5 Å². The summed E-state index contributed by atoms with van der Waals surface area (Å²) in [6.07, 6.45) is 1.39. The fraction of sp³-hybridized carbons (Fsp3) is 0.190. The van der Waals surface area contributed by atoms with Crippen LogP contribution in [-0.2, 0) is 9.53 Å². The van der Waals surface area contributed by atoms with Crippen LogP contribution in [0.3, 0.4) is 0 Å². The van der Waals surface area contributed by atoms with Gasteiger partial charge < -0.3 is 14.6 Å². The van der Waals surface area contributed by atoms with Gasteiger partial charge in [0, 0.05) is 23.3 Å². The second kappa shape index (κ2) is 8.68. The second-order valence-electron chi connectivity index (χ2n) is 6.47. The van der Waals surface area contributed by atoms with E-state index in [0.717, 1.165) is 17.1 Å². The number of rotatable bonds is 5. The molecule has 0 saturated carbocycles. The zero-order valence-electron chi connectivity index (χ0n) is 16.1. The zero-order chi connectivity index (χ0) is 21.1. The minimum atomic E-state index is -0.582. The molecule has 0 atom stereocenters. The van der Waals surface area contributed by atoms with Crippen molar-refractivity contribution in [2.75, 3.05) is 11.9 Å². The molecule has 29 heavy (non-hydrogen) atoms. The van der Waals surface area contributed by atoms with E-state index in [2.05, 4.69) is 10.3 Å². The molecule has 2 heterocycles. The van der Waals surface area contributed by atoms with E-state index in [0.29, 0.717) is 16.1 Å². The zero-order valence-corrected chi connectivity index (χ0v) is 17.6. The molecule has 1 aromatic carbocycles. The van der Waals surface area contributed by atoms with E-state index in [1.165, 1.54) is 6.20 Å². The highest BCUT2D eigenvalue weighted by Crippen LogP contribution is 2.28. The maximum Gasteiger partial charge on any atom is 0.340 e. The number of esters is 1. The smallest absolute Gasteiger partial charge is 0.340 e. The predicted molar refractivity (Wildman–Crippen MR) is 113 cm³/mol. The highest BCUT2D eigenvalue weighted by molar-refractivity contribution is 6.37. The van der Waals surface area contributed by atoms with Crippen molar-refractivity contribution in [3.05, 3.63) is 75.2 Å². The topological polar surface area (TPSA) is 73.2 Å². The van der Waals surface area contributed by atoms with Crippen LogP contribution >= 0.6 is 23.2 Å². The highest BCUT2D eigenvalue weighted by Gasteiger charge is 2.19. The molecule has 150 valence electrons. The number of aryl methyl sites for hydroxylation is 1. The van der Waals surface area contributed by atoms with Crippen molar-refractivity contribution in [1.82, 2.24) is 9.55 Å². The molecule has 0 spiro atoms. The number of carbonyl (C=O) groups is 2. The molecule has 3 aromatic rings. The largest absolute Gasteiger partial charge is 0.452 e. The monoisotopic (exact) mass is 431 g/mol. The van der Waals surface area contributed by atoms with E-state index in [4.69, 9.17) is 27.9 Å². The summed E-state index contributed by atoms with van der Waals surface area (Å²) in [5, 5.41) is 3.15. The molecule has 2 aromatic heterocycles. The first-order valence-corrected chi connectivity index (χ1v) is 9.57. The molecule has 0 bridgehead atoms. The van der Waals surface area contributed by atoms with Gasteiger partial charge >= 0.3 is 5.97 Å². The number of ether oxygens (including phenoxy) is 1. The first-order chi connectivity index (χ1) is 13.8. The minimum absolute atomic E-state index is 0.164. The molecule has 3 rings (SSSR count). The summed E-state index contributed by atoms with van der Waals surface area (Å²) in [4.78, 5) is 28.6. The van der Waals surface area contributed by atoms with Crippen LogP contribution in [0.2, 0.25) is 10.0 Å². The number of nitrogens with zero attached hydrogens (tertiary/aromatic N) is 2. The summed E-state index contributed by atoms with van der Waals surface area (Å²) in [6.45, 7) is 4.98. The number of hydrogen-bond donors (Lipinski definition) is 1. The average Bonchev–Trinajstić information content (AvgIpc) is 3.01. The molecule has 0 saturated heterocycles. The summed E-state index contributed by atoms with van der Waals surface area (Å²) in [6, 6.07) is 11.4. The van der Waals surface area contributed by atoms with Gasteiger partial charge in [0.15, 0.2) is 12.4 Å². The molecule has 1 amide bonds. The molecule has 6 nitrogen and oxygen atoms in total. The van der Waals surface area contributed by atoms with E-state index >= 15 is 0 Å². The SMILES string of the molecule is Cc1c(Cl)cnc(NC(=O)COC(=O)c2cc(C)n(-c3ccccc3)c2C)c1Cl. The molecular formula is C21H19Cl2N3O3. The molecule has 0 aliphatic rings. The molecular weight excluding hydrogens is 413 g/mol. The van der Waals surface area contributed by atoms with Crippen LogP contribution in [0.25, 0.3) is 5.69 Å². The van der Waals surface area contributed by atoms with Crippen molar-refractivity contribution in [1.29, 1.82) is 0 Å². The van der Waals surface area contributed by atoms with E-state index in [-0.39, 0.29) is 10.8 Å². The van der Waals surface area contributed by atoms with Gasteiger partial charge in [-0.3, -0.25) is 4.79 Å². The van der Waals surface area contributed by atoms with Crippen LogP contribution < -0.4 is 5.32 Å². The van der Waals surface area contributed by atoms with Gasteiger partial charge in [-0.2, -0.15) is 0 Å². The third-order valence-electron chi connectivity index (χ3n) is 4.46. The Labute approximate surface area is 178 Å². The summed E-state index contributed by atoms with van der Waals surface area (Å²) >= 11 is 12.1. The Morgan fingerprint density at radius 2 is 1.83 bits per heavy atom. The average molecular weight is 432 g/mol. The summed E-state index contributed by atoms with van der Waals surface area (Å²) in [5.74, 6) is -0.968. The first-order valence-electron chi connectivity index (χ1n) is 8.81. The molecule has 0 fully saturated rings. The Hall–Kier alpha value is -2.83. The molecule has 0 aliphatic carbocycles. The van der Waals surface area contributed by atoms with Gasteiger partial charge in [0.2, 0.25) is 0 Å². The van der Waals surface area contributed by atoms with Crippen LogP contribution in [0.1, 0.15) is 27.3 Å². The lowest BCUT2D eigenvalue weighted by Crippen LogP contribution is -2.22. The predicted octanol–water partition coefficient (Wildman–Crippen LogP) is 4.90. The van der Waals surface area contributed by atoms with Crippen molar-refractivity contribution in [2.45, 2.75) is 20.8 Å². The number of nitrogens with one attached hydrogen (secondary N) is 1. The number of para-hydroxylation sites is 1. The van der Waals surface area contributed by atoms with Crippen molar-refractivity contribution in [3.63, 3.8) is 0 Å². The molecule has 0 aliphatic heterocycles. The van der Waals surface area contributed by atoms with Crippen LogP contribution in [-0.4, -0.2) is 28.0 Å². The number of aromatic nitrogens is 2. The van der Waals surface area contributed by atoms with Crippen molar-refractivity contribution >= 4 is 40.9 Å². The Kier molecular flexibility index (Phi) is 6.25. The van der Waals surface area contributed by atoms with Crippen LogP contribution in [0.15, 0.2) is 42.6 Å². The van der Waals surface area contributed by atoms with Crippen molar-refractivity contribution in [3.8, 4) is 5.69 Å². The van der Waals surface area contributed by atoms with Gasteiger partial charge in [-0.15, -0.1) is 0 Å². The van der Waals surface area contributed by atoms with Gasteiger partial charge in [0.1, 0.15) is 0 Å². The van der Waals surface area contributed by atoms with Gasteiger partial charge in [-0.1, -0.05) is 41.4 Å². The normalized spacial score (nSPS) is 10.7. The third kappa shape index (κ3) is 4.44. The minimum Gasteiger partial charge on any atom is -0.452 e. The fourth-order valence-electron chi connectivity index (χ4n) is 2.97. The highest BCUT2D eigenvalue weighted by atomic mass is 35.5. The van der Waals surface area contributed by atoms with E-state index in [1.807, 2.05) is 48.7 Å². The molecule has 0 unspecified atom stereocenters. The lowest BCUT2D eigenvalue weighted by atomic mass is 10.2. The number of benzene rings is 1. The quantitative estimate of drug-likeness (QED) is 0.582. The van der Waals surface area contributed by atoms with Crippen LogP contribution in [0, 0.1) is 20.8 Å². The van der Waals surface area contributed by atoms with Gasteiger partial charge in [-0.25, -0.2) is 9.78 Å². The van der Waals surface area contributed by atoms with Crippen molar-refractivity contribution in [2.24, 2.45) is 0 Å². The Morgan fingerprint density at radius 3 is 2.52 bits per heavy atom. The second-order valence-corrected chi connectivity index (χ2v) is 7.26. The third-order valence-corrected chi connectivity index (χ3v) is 5.30. The standard InChI is InChI=1S/C21H19Cl2N3O3/c1-12-9-16(14(3)26(12)15-7-5-4-6-8-15)21(28)29-11-18(27)25-20-19(23)13(2)17(22)10-24-20/h4-10H,11H2,1-3H3,(H,24,25,27). The van der Waals surface area contributed by atoms with E-state index < -0.39 is 18.5 Å². The first kappa shape index (κ1) is 20.9. The van der Waals surface area contributed by atoms with E-state index in [9.17, 15) is 9.59 Å². The molecule has 1 N–H and O–H groups in total. The van der Waals surface area contributed by atoms with Crippen LogP contribution in [0.5, 0.6) is 0 Å². The van der Waals surface area contributed by atoms with Gasteiger partial charge in [0.05, 0.1) is 15.6 Å². The fourth-order valence-corrected chi connectivity index (χ4v) is 3.35. The van der Waals surface area contributed by atoms with Gasteiger partial charge in [0.25, 0.3) is 5.91 Å². The van der Waals surface area contributed by atoms with E-state index in [1.54, 1.807) is 13.0 Å². The van der Waals surface area contributed by atoms with Crippen molar-refractivity contribution < 1.29 is 14.3 Å². The Bertz CT molecular complexity index is 1080.